The van der Waals surface area contributed by atoms with Crippen LogP contribution < -0.4 is 14.8 Å². The van der Waals surface area contributed by atoms with Crippen molar-refractivity contribution in [1.29, 1.82) is 0 Å². The van der Waals surface area contributed by atoms with Gasteiger partial charge in [-0.3, -0.25) is 9.59 Å². The molecule has 1 aliphatic carbocycles. The number of nitrogens with one attached hydrogen (secondary N) is 1. The van der Waals surface area contributed by atoms with Gasteiger partial charge in [0.1, 0.15) is 11.5 Å². The Morgan fingerprint density at radius 3 is 2.47 bits per heavy atom. The normalized spacial score (nSPS) is 23.0. The molecule has 6 heteroatoms. The molecule has 172 valence electrons. The minimum atomic E-state index is -0.477. The van der Waals surface area contributed by atoms with Gasteiger partial charge < -0.3 is 19.7 Å². The van der Waals surface area contributed by atoms with E-state index >= 15 is 0 Å². The van der Waals surface area contributed by atoms with Crippen molar-refractivity contribution in [2.45, 2.75) is 58.8 Å². The average molecular weight is 439 g/mol. The van der Waals surface area contributed by atoms with Gasteiger partial charge in [0.2, 0.25) is 0 Å². The van der Waals surface area contributed by atoms with Gasteiger partial charge in [0.05, 0.1) is 20.1 Å². The Balaban J connectivity index is 1.90. The fraction of sp³-hybridized carbons (Fsp3) is 0.538. The Labute approximate surface area is 190 Å². The van der Waals surface area contributed by atoms with Crippen molar-refractivity contribution in [3.8, 4) is 11.5 Å². The number of rotatable bonds is 4. The SMILES string of the molecule is COc1ccc(OC)c([C@H]2C(C(=O)N3CCCCC3)=C(C)NC3=C2C(=O)CC(C)(C)C3)c1. The second-order valence-corrected chi connectivity index (χ2v) is 9.89. The summed E-state index contributed by atoms with van der Waals surface area (Å²) in [6, 6.07) is 5.60. The molecule has 6 nitrogen and oxygen atoms in total. The van der Waals surface area contributed by atoms with E-state index in [-0.39, 0.29) is 17.1 Å². The van der Waals surface area contributed by atoms with Crippen molar-refractivity contribution in [3.05, 3.63) is 46.3 Å². The summed E-state index contributed by atoms with van der Waals surface area (Å²) in [6.45, 7) is 7.69. The first-order valence-electron chi connectivity index (χ1n) is 11.5. The maximum atomic E-state index is 13.8. The molecule has 0 radical (unpaired) electrons. The number of nitrogens with zero attached hydrogens (tertiary/aromatic N) is 1. The highest BCUT2D eigenvalue weighted by Gasteiger charge is 2.44. The van der Waals surface area contributed by atoms with Crippen LogP contribution >= 0.6 is 0 Å². The van der Waals surface area contributed by atoms with Gasteiger partial charge in [0.25, 0.3) is 5.91 Å². The van der Waals surface area contributed by atoms with E-state index in [0.717, 1.165) is 55.7 Å². The van der Waals surface area contributed by atoms with E-state index in [1.165, 1.54) is 0 Å². The monoisotopic (exact) mass is 438 g/mol. The maximum absolute atomic E-state index is 13.8. The van der Waals surface area contributed by atoms with E-state index < -0.39 is 5.92 Å². The van der Waals surface area contributed by atoms with Gasteiger partial charge in [-0.1, -0.05) is 13.8 Å². The molecule has 0 saturated carbocycles. The first kappa shape index (κ1) is 22.4. The number of ketones is 1. The molecule has 1 N–H and O–H groups in total. The molecule has 0 bridgehead atoms. The number of carbonyl (C=O) groups excluding carboxylic acids is 2. The standard InChI is InChI=1S/C26H34N2O4/c1-16-22(25(30)28-11-7-6-8-12-28)23(18-13-17(31-4)9-10-21(18)32-5)24-19(27-16)14-26(2,3)15-20(24)29/h9-10,13,23,27H,6-8,11-12,14-15H2,1-5H3/t23-/m0/s1. The molecule has 1 amide bonds. The number of hydrogen-bond acceptors (Lipinski definition) is 5. The molecule has 0 aromatic heterocycles. The largest absolute Gasteiger partial charge is 0.497 e. The van der Waals surface area contributed by atoms with Crippen LogP contribution in [0.4, 0.5) is 0 Å². The Kier molecular flexibility index (Phi) is 6.06. The van der Waals surface area contributed by atoms with Crippen LogP contribution in [0.1, 0.15) is 64.4 Å². The Morgan fingerprint density at radius 2 is 1.81 bits per heavy atom. The Morgan fingerprint density at radius 1 is 1.09 bits per heavy atom. The minimum Gasteiger partial charge on any atom is -0.497 e. The summed E-state index contributed by atoms with van der Waals surface area (Å²) < 4.78 is 11.2. The van der Waals surface area contributed by atoms with Crippen LogP contribution in [-0.4, -0.2) is 43.9 Å². The maximum Gasteiger partial charge on any atom is 0.252 e. The third kappa shape index (κ3) is 4.03. The van der Waals surface area contributed by atoms with Crippen molar-refractivity contribution in [3.63, 3.8) is 0 Å². The average Bonchev–Trinajstić information content (AvgIpc) is 2.77. The highest BCUT2D eigenvalue weighted by atomic mass is 16.5. The van der Waals surface area contributed by atoms with Crippen molar-refractivity contribution < 1.29 is 19.1 Å². The molecule has 32 heavy (non-hydrogen) atoms. The van der Waals surface area contributed by atoms with Crippen LogP contribution in [0.3, 0.4) is 0 Å². The smallest absolute Gasteiger partial charge is 0.252 e. The van der Waals surface area contributed by atoms with Crippen molar-refractivity contribution in [2.24, 2.45) is 5.41 Å². The number of hydrogen-bond donors (Lipinski definition) is 1. The highest BCUT2D eigenvalue weighted by molar-refractivity contribution is 6.05. The predicted octanol–water partition coefficient (Wildman–Crippen LogP) is 4.32. The second kappa shape index (κ2) is 8.64. The van der Waals surface area contributed by atoms with Crippen molar-refractivity contribution >= 4 is 11.7 Å². The lowest BCUT2D eigenvalue weighted by atomic mass is 9.68. The first-order chi connectivity index (χ1) is 15.3. The number of Topliss-reactive ketones (excluding diaryl/α,β-unsaturated/α-hetero) is 1. The molecule has 4 rings (SSSR count). The number of amides is 1. The highest BCUT2D eigenvalue weighted by Crippen LogP contribution is 2.49. The summed E-state index contributed by atoms with van der Waals surface area (Å²) in [5.74, 6) is 0.949. The molecule has 1 fully saturated rings. The van der Waals surface area contributed by atoms with E-state index in [4.69, 9.17) is 9.47 Å². The molecular formula is C26H34N2O4. The van der Waals surface area contributed by atoms with Gasteiger partial charge in [-0.25, -0.2) is 0 Å². The molecule has 1 atom stereocenters. The van der Waals surface area contributed by atoms with Crippen molar-refractivity contribution in [2.75, 3.05) is 27.3 Å². The summed E-state index contributed by atoms with van der Waals surface area (Å²) in [5, 5.41) is 3.46. The lowest BCUT2D eigenvalue weighted by Crippen LogP contribution is -2.43. The quantitative estimate of drug-likeness (QED) is 0.758. The molecule has 2 heterocycles. The zero-order chi connectivity index (χ0) is 23.0. The fourth-order valence-electron chi connectivity index (χ4n) is 5.36. The number of ether oxygens (including phenoxy) is 2. The Bertz CT molecular complexity index is 999. The van der Waals surface area contributed by atoms with E-state index in [2.05, 4.69) is 19.2 Å². The molecule has 1 saturated heterocycles. The van der Waals surface area contributed by atoms with Crippen LogP contribution in [0.15, 0.2) is 40.7 Å². The molecule has 1 aromatic carbocycles. The van der Waals surface area contributed by atoms with Gasteiger partial charge in [0, 0.05) is 47.6 Å². The van der Waals surface area contributed by atoms with E-state index in [0.29, 0.717) is 29.1 Å². The zero-order valence-electron chi connectivity index (χ0n) is 19.8. The molecule has 0 unspecified atom stereocenters. The number of allylic oxidation sites excluding steroid dienone is 3. The van der Waals surface area contributed by atoms with Crippen LogP contribution in [0, 0.1) is 5.41 Å². The third-order valence-electron chi connectivity index (χ3n) is 6.86. The zero-order valence-corrected chi connectivity index (χ0v) is 19.8. The lowest BCUT2D eigenvalue weighted by molar-refractivity contribution is -0.128. The minimum absolute atomic E-state index is 0.00811. The van der Waals surface area contributed by atoms with Crippen LogP contribution in [0.5, 0.6) is 11.5 Å². The van der Waals surface area contributed by atoms with Gasteiger partial charge >= 0.3 is 0 Å². The number of benzene rings is 1. The summed E-state index contributed by atoms with van der Waals surface area (Å²) in [5.41, 5.74) is 3.76. The molecular weight excluding hydrogens is 404 g/mol. The molecule has 0 spiro atoms. The second-order valence-electron chi connectivity index (χ2n) is 9.89. The van der Waals surface area contributed by atoms with Crippen molar-refractivity contribution in [1.82, 2.24) is 10.2 Å². The summed E-state index contributed by atoms with van der Waals surface area (Å²) in [6.07, 6.45) is 4.40. The van der Waals surface area contributed by atoms with Gasteiger partial charge in [0.15, 0.2) is 5.78 Å². The fourth-order valence-corrected chi connectivity index (χ4v) is 5.36. The molecule has 1 aromatic rings. The summed E-state index contributed by atoms with van der Waals surface area (Å²) >= 11 is 0. The number of likely N-dealkylation sites (tertiary alicyclic amines) is 1. The third-order valence-corrected chi connectivity index (χ3v) is 6.86. The molecule has 2 aliphatic heterocycles. The predicted molar refractivity (Wildman–Crippen MR) is 124 cm³/mol. The van der Waals surface area contributed by atoms with Crippen LogP contribution in [-0.2, 0) is 9.59 Å². The van der Waals surface area contributed by atoms with E-state index in [9.17, 15) is 9.59 Å². The Hall–Kier alpha value is -2.76. The van der Waals surface area contributed by atoms with Gasteiger partial charge in [-0.15, -0.1) is 0 Å². The molecule has 3 aliphatic rings. The number of piperidine rings is 1. The van der Waals surface area contributed by atoms with Gasteiger partial charge in [-0.2, -0.15) is 0 Å². The number of dihydropyridines is 1. The van der Waals surface area contributed by atoms with Crippen LogP contribution in [0.2, 0.25) is 0 Å². The lowest BCUT2D eigenvalue weighted by Gasteiger charge is -2.41. The summed E-state index contributed by atoms with van der Waals surface area (Å²) in [4.78, 5) is 29.3. The number of methoxy groups -OCH3 is 2. The topological polar surface area (TPSA) is 67.9 Å². The number of carbonyl (C=O) groups is 2. The van der Waals surface area contributed by atoms with E-state index in [1.807, 2.05) is 30.0 Å². The first-order valence-corrected chi connectivity index (χ1v) is 11.5. The van der Waals surface area contributed by atoms with Gasteiger partial charge in [-0.05, 0) is 56.2 Å². The van der Waals surface area contributed by atoms with Crippen LogP contribution in [0.25, 0.3) is 0 Å². The summed E-state index contributed by atoms with van der Waals surface area (Å²) in [7, 11) is 3.24. The van der Waals surface area contributed by atoms with E-state index in [1.54, 1.807) is 14.2 Å².